The highest BCUT2D eigenvalue weighted by atomic mass is 79.9. The van der Waals surface area contributed by atoms with Gasteiger partial charge in [0.25, 0.3) is 5.91 Å². The fourth-order valence-electron chi connectivity index (χ4n) is 4.48. The zero-order chi connectivity index (χ0) is 24.1. The monoisotopic (exact) mass is 548 g/mol. The zero-order valence-corrected chi connectivity index (χ0v) is 19.2. The van der Waals surface area contributed by atoms with Crippen LogP contribution in [0.5, 0.6) is 0 Å². The maximum absolute atomic E-state index is 13.9. The van der Waals surface area contributed by atoms with Gasteiger partial charge in [-0.2, -0.15) is 13.2 Å². The van der Waals surface area contributed by atoms with E-state index in [1.165, 1.54) is 30.3 Å². The first-order chi connectivity index (χ1) is 15.4. The number of aliphatic hydroxyl groups excluding tert-OH is 1. The summed E-state index contributed by atoms with van der Waals surface area (Å²) in [6.45, 7) is 0. The molecule has 0 spiro atoms. The summed E-state index contributed by atoms with van der Waals surface area (Å²) in [5.41, 5.74) is 0.984. The molecule has 2 aromatic carbocycles. The van der Waals surface area contributed by atoms with Gasteiger partial charge in [-0.3, -0.25) is 9.59 Å². The van der Waals surface area contributed by atoms with Gasteiger partial charge in [0.15, 0.2) is 0 Å². The lowest BCUT2D eigenvalue weighted by Crippen LogP contribution is -2.39. The quantitative estimate of drug-likeness (QED) is 0.452. The topological polar surface area (TPSA) is 78.4 Å². The molecule has 4 atom stereocenters. The molecule has 0 radical (unpaired) electrons. The second-order valence-corrected chi connectivity index (χ2v) is 9.60. The summed E-state index contributed by atoms with van der Waals surface area (Å²) in [5, 5.41) is 15.4. The number of rotatable bonds is 3. The summed E-state index contributed by atoms with van der Waals surface area (Å²) >= 11 is 9.50. The second kappa shape index (κ2) is 8.88. The predicted octanol–water partition coefficient (Wildman–Crippen LogP) is 5.35. The minimum absolute atomic E-state index is 0.106. The largest absolute Gasteiger partial charge is 0.393 e. The predicted molar refractivity (Wildman–Crippen MR) is 116 cm³/mol. The van der Waals surface area contributed by atoms with E-state index < -0.39 is 60.6 Å². The Bertz CT molecular complexity index is 1130. The van der Waals surface area contributed by atoms with Gasteiger partial charge in [-0.1, -0.05) is 27.5 Å². The molecule has 2 amide bonds. The number of hydrogen-bond acceptors (Lipinski definition) is 3. The number of anilines is 1. The van der Waals surface area contributed by atoms with Gasteiger partial charge in [0.2, 0.25) is 5.91 Å². The van der Waals surface area contributed by atoms with Crippen LogP contribution in [-0.2, 0) is 4.79 Å². The minimum atomic E-state index is -4.52. The van der Waals surface area contributed by atoms with Crippen molar-refractivity contribution in [3.05, 3.63) is 62.3 Å². The molecule has 1 aliphatic carbocycles. The molecule has 4 rings (SSSR count). The molecule has 1 heterocycles. The maximum atomic E-state index is 13.9. The molecular formula is C22H18BrClF4N2O3. The second-order valence-electron chi connectivity index (χ2n) is 8.27. The van der Waals surface area contributed by atoms with E-state index >= 15 is 0 Å². The first-order valence-corrected chi connectivity index (χ1v) is 11.3. The third-order valence-corrected chi connectivity index (χ3v) is 6.80. The molecule has 176 valence electrons. The number of amides is 2. The Labute approximate surface area is 199 Å². The van der Waals surface area contributed by atoms with Crippen molar-refractivity contribution in [2.75, 3.05) is 5.32 Å². The average molecular weight is 550 g/mol. The lowest BCUT2D eigenvalue weighted by molar-refractivity contribution is -0.194. The van der Waals surface area contributed by atoms with Crippen LogP contribution in [-0.4, -0.2) is 29.2 Å². The molecule has 0 saturated heterocycles. The van der Waals surface area contributed by atoms with Crippen LogP contribution >= 0.6 is 27.5 Å². The van der Waals surface area contributed by atoms with Crippen molar-refractivity contribution >= 4 is 45.0 Å². The number of halogens is 6. The van der Waals surface area contributed by atoms with Gasteiger partial charge in [-0.15, -0.1) is 0 Å². The molecule has 1 aliphatic heterocycles. The third-order valence-electron chi connectivity index (χ3n) is 6.00. The van der Waals surface area contributed by atoms with Crippen LogP contribution in [0.1, 0.15) is 46.8 Å². The number of hydrogen-bond donors (Lipinski definition) is 3. The number of fused-ring (bicyclic) bond motifs is 1. The molecule has 3 N–H and O–H groups in total. The van der Waals surface area contributed by atoms with Crippen molar-refractivity contribution in [1.29, 1.82) is 0 Å². The first kappa shape index (κ1) is 24.0. The van der Waals surface area contributed by atoms with Gasteiger partial charge in [0.1, 0.15) is 5.82 Å². The third kappa shape index (κ3) is 4.88. The van der Waals surface area contributed by atoms with E-state index in [0.29, 0.717) is 10.0 Å². The Morgan fingerprint density at radius 3 is 2.61 bits per heavy atom. The van der Waals surface area contributed by atoms with Crippen molar-refractivity contribution in [2.45, 2.75) is 37.6 Å². The summed E-state index contributed by atoms with van der Waals surface area (Å²) in [6.07, 6.45) is -6.77. The fraction of sp³-hybridized carbons (Fsp3) is 0.364. The Hall–Kier alpha value is -2.17. The van der Waals surface area contributed by atoms with Crippen molar-refractivity contribution in [3.8, 4) is 0 Å². The molecule has 33 heavy (non-hydrogen) atoms. The molecule has 1 fully saturated rings. The first-order valence-electron chi connectivity index (χ1n) is 10.1. The van der Waals surface area contributed by atoms with Crippen molar-refractivity contribution in [3.63, 3.8) is 0 Å². The van der Waals surface area contributed by atoms with E-state index in [1.807, 2.05) is 0 Å². The lowest BCUT2D eigenvalue weighted by atomic mass is 9.79. The van der Waals surface area contributed by atoms with E-state index in [1.54, 1.807) is 0 Å². The van der Waals surface area contributed by atoms with Crippen LogP contribution in [0, 0.1) is 17.7 Å². The highest BCUT2D eigenvalue weighted by Crippen LogP contribution is 2.43. The fourth-order valence-corrected chi connectivity index (χ4v) is 5.16. The van der Waals surface area contributed by atoms with Crippen LogP contribution in [0.15, 0.2) is 34.8 Å². The standard InChI is InChI=1S/C22H18BrClF4N2O3/c23-11-6-15-18(19(30-21(15)33)14-8-12(25)1-2-16(14)24)17(7-11)29-20(32)9-3-10(22(26,27)28)5-13(31)4-9/h1-2,6-10,13,19,31H,3-5H2,(H,29,32)(H,30,33)/t9-,10+,13+,19-/m0/s1. The van der Waals surface area contributed by atoms with E-state index in [9.17, 15) is 32.3 Å². The molecule has 0 aromatic heterocycles. The molecule has 0 unspecified atom stereocenters. The van der Waals surface area contributed by atoms with Crippen LogP contribution in [0.2, 0.25) is 5.02 Å². The van der Waals surface area contributed by atoms with Gasteiger partial charge in [0, 0.05) is 37.8 Å². The number of carbonyl (C=O) groups is 2. The van der Waals surface area contributed by atoms with Crippen LogP contribution < -0.4 is 10.6 Å². The van der Waals surface area contributed by atoms with E-state index in [4.69, 9.17) is 11.6 Å². The van der Waals surface area contributed by atoms with Gasteiger partial charge >= 0.3 is 6.18 Å². The Balaban J connectivity index is 1.68. The van der Waals surface area contributed by atoms with E-state index in [2.05, 4.69) is 26.6 Å². The van der Waals surface area contributed by atoms with E-state index in [0.717, 1.165) is 0 Å². The summed E-state index contributed by atoms with van der Waals surface area (Å²) < 4.78 is 54.0. The number of alkyl halides is 3. The van der Waals surface area contributed by atoms with Crippen LogP contribution in [0.3, 0.4) is 0 Å². The molecule has 5 nitrogen and oxygen atoms in total. The molecule has 0 bridgehead atoms. The van der Waals surface area contributed by atoms with E-state index in [-0.39, 0.29) is 28.3 Å². The number of carbonyl (C=O) groups excluding carboxylic acids is 2. The molecule has 2 aliphatic rings. The summed E-state index contributed by atoms with van der Waals surface area (Å²) in [5.74, 6) is -4.61. The SMILES string of the molecule is O=C1N[C@@H](c2cc(F)ccc2Cl)c2c(NC(=O)[C@@H]3C[C@@H](O)C[C@H](C(F)(F)F)C3)cc(Br)cc21. The number of benzene rings is 2. The van der Waals surface area contributed by atoms with Crippen molar-refractivity contribution in [2.24, 2.45) is 11.8 Å². The Morgan fingerprint density at radius 2 is 1.91 bits per heavy atom. The number of aliphatic hydroxyl groups is 1. The van der Waals surface area contributed by atoms with Crippen molar-refractivity contribution in [1.82, 2.24) is 5.32 Å². The minimum Gasteiger partial charge on any atom is -0.393 e. The number of nitrogens with one attached hydrogen (secondary N) is 2. The summed E-state index contributed by atoms with van der Waals surface area (Å²) in [4.78, 5) is 25.5. The average Bonchev–Trinajstić information content (AvgIpc) is 3.05. The van der Waals surface area contributed by atoms with Gasteiger partial charge in [0.05, 0.1) is 18.1 Å². The molecule has 1 saturated carbocycles. The smallest absolute Gasteiger partial charge is 0.391 e. The zero-order valence-electron chi connectivity index (χ0n) is 16.8. The highest BCUT2D eigenvalue weighted by Gasteiger charge is 2.46. The summed E-state index contributed by atoms with van der Waals surface area (Å²) in [7, 11) is 0. The molecular weight excluding hydrogens is 532 g/mol. The van der Waals surface area contributed by atoms with Gasteiger partial charge in [-0.25, -0.2) is 4.39 Å². The Morgan fingerprint density at radius 1 is 1.18 bits per heavy atom. The van der Waals surface area contributed by atoms with Gasteiger partial charge < -0.3 is 15.7 Å². The summed E-state index contributed by atoms with van der Waals surface area (Å²) in [6, 6.07) is 5.84. The highest BCUT2D eigenvalue weighted by molar-refractivity contribution is 9.10. The maximum Gasteiger partial charge on any atom is 0.391 e. The van der Waals surface area contributed by atoms with Crippen LogP contribution in [0.25, 0.3) is 0 Å². The lowest BCUT2D eigenvalue weighted by Gasteiger charge is -2.33. The normalized spacial score (nSPS) is 24.9. The van der Waals surface area contributed by atoms with Crippen molar-refractivity contribution < 1.29 is 32.3 Å². The van der Waals surface area contributed by atoms with Crippen LogP contribution in [0.4, 0.5) is 23.2 Å². The van der Waals surface area contributed by atoms with Gasteiger partial charge in [-0.05, 0) is 49.6 Å². The molecule has 2 aromatic rings. The molecule has 11 heteroatoms. The Kier molecular flexibility index (Phi) is 6.45.